The first-order valence-corrected chi connectivity index (χ1v) is 6.71. The average Bonchev–Trinajstić information content (AvgIpc) is 2.95. The van der Waals surface area contributed by atoms with Crippen LogP contribution in [0.1, 0.15) is 18.2 Å². The minimum atomic E-state index is 0.673. The number of aryl methyl sites for hydroxylation is 1. The van der Waals surface area contributed by atoms with Crippen molar-refractivity contribution in [3.8, 4) is 11.5 Å². The van der Waals surface area contributed by atoms with Crippen LogP contribution in [0.4, 0.5) is 0 Å². The van der Waals surface area contributed by atoms with Crippen LogP contribution >= 0.6 is 0 Å². The van der Waals surface area contributed by atoms with Crippen LogP contribution in [-0.2, 0) is 19.6 Å². The van der Waals surface area contributed by atoms with E-state index in [1.165, 1.54) is 0 Å². The summed E-state index contributed by atoms with van der Waals surface area (Å²) in [6, 6.07) is 7.82. The largest absolute Gasteiger partial charge is 0.496 e. The predicted molar refractivity (Wildman–Crippen MR) is 78.0 cm³/mol. The van der Waals surface area contributed by atoms with Crippen LogP contribution in [0.15, 0.2) is 30.5 Å². The quantitative estimate of drug-likeness (QED) is 0.841. The Bertz CT molecular complexity index is 530. The van der Waals surface area contributed by atoms with Gasteiger partial charge in [0, 0.05) is 31.4 Å². The second-order valence-corrected chi connectivity index (χ2v) is 4.41. The first-order valence-electron chi connectivity index (χ1n) is 6.71. The summed E-state index contributed by atoms with van der Waals surface area (Å²) in [5, 5.41) is 7.81. The highest BCUT2D eigenvalue weighted by Gasteiger charge is 2.09. The Balaban J connectivity index is 1.99. The molecule has 1 N–H and O–H groups in total. The van der Waals surface area contributed by atoms with E-state index in [4.69, 9.17) is 9.47 Å². The van der Waals surface area contributed by atoms with Gasteiger partial charge in [-0.05, 0) is 25.1 Å². The van der Waals surface area contributed by atoms with E-state index in [0.29, 0.717) is 13.1 Å². The molecule has 0 radical (unpaired) electrons. The molecule has 0 spiro atoms. The smallest absolute Gasteiger partial charge is 0.127 e. The van der Waals surface area contributed by atoms with E-state index in [9.17, 15) is 0 Å². The van der Waals surface area contributed by atoms with Gasteiger partial charge in [0.2, 0.25) is 0 Å². The number of nitrogens with one attached hydrogen (secondary N) is 1. The molecule has 0 amide bonds. The van der Waals surface area contributed by atoms with E-state index in [1.54, 1.807) is 14.2 Å². The molecule has 0 saturated carbocycles. The Hall–Kier alpha value is -2.01. The Morgan fingerprint density at radius 3 is 2.35 bits per heavy atom. The molecular formula is C15H21N3O2. The van der Waals surface area contributed by atoms with E-state index in [0.717, 1.165) is 29.3 Å². The second kappa shape index (κ2) is 6.96. The van der Waals surface area contributed by atoms with Crippen LogP contribution in [0.25, 0.3) is 0 Å². The van der Waals surface area contributed by atoms with Crippen molar-refractivity contribution in [3.63, 3.8) is 0 Å². The van der Waals surface area contributed by atoms with E-state index < -0.39 is 0 Å². The SMILES string of the molecule is CCn1ccc(CNCc2c(OC)cccc2OC)n1. The number of benzene rings is 1. The van der Waals surface area contributed by atoms with E-state index >= 15 is 0 Å². The van der Waals surface area contributed by atoms with Crippen LogP contribution < -0.4 is 14.8 Å². The molecular weight excluding hydrogens is 254 g/mol. The maximum atomic E-state index is 5.37. The van der Waals surface area contributed by atoms with Gasteiger partial charge in [0.15, 0.2) is 0 Å². The molecule has 0 fully saturated rings. The zero-order valence-electron chi connectivity index (χ0n) is 12.2. The fourth-order valence-electron chi connectivity index (χ4n) is 2.09. The molecule has 0 aliphatic carbocycles. The van der Waals surface area contributed by atoms with Crippen LogP contribution in [0, 0.1) is 0 Å². The van der Waals surface area contributed by atoms with Gasteiger partial charge >= 0.3 is 0 Å². The number of rotatable bonds is 7. The lowest BCUT2D eigenvalue weighted by Gasteiger charge is -2.13. The van der Waals surface area contributed by atoms with Gasteiger partial charge in [-0.1, -0.05) is 6.07 Å². The maximum absolute atomic E-state index is 5.37. The van der Waals surface area contributed by atoms with Crippen molar-refractivity contribution in [1.29, 1.82) is 0 Å². The molecule has 1 heterocycles. The van der Waals surface area contributed by atoms with Crippen molar-refractivity contribution in [2.24, 2.45) is 0 Å². The molecule has 0 atom stereocenters. The molecule has 20 heavy (non-hydrogen) atoms. The number of aromatic nitrogens is 2. The summed E-state index contributed by atoms with van der Waals surface area (Å²) in [6.45, 7) is 4.35. The van der Waals surface area contributed by atoms with Crippen molar-refractivity contribution in [3.05, 3.63) is 41.7 Å². The van der Waals surface area contributed by atoms with Gasteiger partial charge in [-0.3, -0.25) is 4.68 Å². The minimum absolute atomic E-state index is 0.673. The fourth-order valence-corrected chi connectivity index (χ4v) is 2.09. The molecule has 2 aromatic rings. The predicted octanol–water partition coefficient (Wildman–Crippen LogP) is 2.21. The van der Waals surface area contributed by atoms with Crippen molar-refractivity contribution in [2.75, 3.05) is 14.2 Å². The van der Waals surface area contributed by atoms with Crippen molar-refractivity contribution in [2.45, 2.75) is 26.6 Å². The van der Waals surface area contributed by atoms with Gasteiger partial charge in [-0.25, -0.2) is 0 Å². The lowest BCUT2D eigenvalue weighted by Crippen LogP contribution is -2.15. The highest BCUT2D eigenvalue weighted by atomic mass is 16.5. The lowest BCUT2D eigenvalue weighted by atomic mass is 10.1. The summed E-state index contributed by atoms with van der Waals surface area (Å²) in [5.41, 5.74) is 2.05. The zero-order valence-corrected chi connectivity index (χ0v) is 12.2. The van der Waals surface area contributed by atoms with E-state index in [-0.39, 0.29) is 0 Å². The molecule has 0 unspecified atom stereocenters. The maximum Gasteiger partial charge on any atom is 0.127 e. The Morgan fingerprint density at radius 1 is 1.10 bits per heavy atom. The Labute approximate surface area is 119 Å². The van der Waals surface area contributed by atoms with E-state index in [2.05, 4.69) is 17.3 Å². The number of nitrogens with zero attached hydrogens (tertiary/aromatic N) is 2. The van der Waals surface area contributed by atoms with Crippen LogP contribution in [0.5, 0.6) is 11.5 Å². The molecule has 1 aromatic carbocycles. The molecule has 2 rings (SSSR count). The van der Waals surface area contributed by atoms with Crippen LogP contribution in [0.3, 0.4) is 0 Å². The Kier molecular flexibility index (Phi) is 5.01. The third kappa shape index (κ3) is 3.30. The summed E-state index contributed by atoms with van der Waals surface area (Å²) < 4.78 is 12.7. The normalized spacial score (nSPS) is 10.6. The highest BCUT2D eigenvalue weighted by molar-refractivity contribution is 5.44. The van der Waals surface area contributed by atoms with Crippen molar-refractivity contribution in [1.82, 2.24) is 15.1 Å². The monoisotopic (exact) mass is 275 g/mol. The number of hydrogen-bond acceptors (Lipinski definition) is 4. The zero-order chi connectivity index (χ0) is 14.4. The minimum Gasteiger partial charge on any atom is -0.496 e. The summed E-state index contributed by atoms with van der Waals surface area (Å²) >= 11 is 0. The van der Waals surface area contributed by atoms with Crippen LogP contribution in [0.2, 0.25) is 0 Å². The topological polar surface area (TPSA) is 48.3 Å². The molecule has 108 valence electrons. The third-order valence-corrected chi connectivity index (χ3v) is 3.16. The summed E-state index contributed by atoms with van der Waals surface area (Å²) in [6.07, 6.45) is 1.99. The fraction of sp³-hybridized carbons (Fsp3) is 0.400. The highest BCUT2D eigenvalue weighted by Crippen LogP contribution is 2.27. The summed E-state index contributed by atoms with van der Waals surface area (Å²) in [7, 11) is 3.34. The average molecular weight is 275 g/mol. The molecule has 5 nitrogen and oxygen atoms in total. The summed E-state index contributed by atoms with van der Waals surface area (Å²) in [5.74, 6) is 1.66. The van der Waals surface area contributed by atoms with Crippen molar-refractivity contribution < 1.29 is 9.47 Å². The first-order chi connectivity index (χ1) is 9.78. The third-order valence-electron chi connectivity index (χ3n) is 3.16. The van der Waals surface area contributed by atoms with Crippen LogP contribution in [-0.4, -0.2) is 24.0 Å². The molecule has 0 aliphatic rings. The van der Waals surface area contributed by atoms with Gasteiger partial charge in [0.1, 0.15) is 11.5 Å². The number of ether oxygens (including phenoxy) is 2. The molecule has 0 saturated heterocycles. The van der Waals surface area contributed by atoms with Crippen molar-refractivity contribution >= 4 is 0 Å². The van der Waals surface area contributed by atoms with Gasteiger partial charge in [0.05, 0.1) is 19.9 Å². The molecule has 1 aromatic heterocycles. The van der Waals surface area contributed by atoms with Gasteiger partial charge < -0.3 is 14.8 Å². The summed E-state index contributed by atoms with van der Waals surface area (Å²) in [4.78, 5) is 0. The van der Waals surface area contributed by atoms with Gasteiger partial charge in [0.25, 0.3) is 0 Å². The molecule has 0 aliphatic heterocycles. The van der Waals surface area contributed by atoms with Gasteiger partial charge in [-0.2, -0.15) is 5.10 Å². The molecule has 0 bridgehead atoms. The lowest BCUT2D eigenvalue weighted by molar-refractivity contribution is 0.382. The Morgan fingerprint density at radius 2 is 1.80 bits per heavy atom. The molecule has 5 heteroatoms. The van der Waals surface area contributed by atoms with E-state index in [1.807, 2.05) is 35.1 Å². The first kappa shape index (κ1) is 14.4. The number of methoxy groups -OCH3 is 2. The number of hydrogen-bond donors (Lipinski definition) is 1. The standard InChI is InChI=1S/C15H21N3O2/c1-4-18-9-8-12(17-18)10-16-11-13-14(19-2)6-5-7-15(13)20-3/h5-9,16H,4,10-11H2,1-3H3. The second-order valence-electron chi connectivity index (χ2n) is 4.41. The van der Waals surface area contributed by atoms with Gasteiger partial charge in [-0.15, -0.1) is 0 Å².